The minimum atomic E-state index is -0.225. The second kappa shape index (κ2) is 7.68. The lowest BCUT2D eigenvalue weighted by molar-refractivity contribution is -0.140. The van der Waals surface area contributed by atoms with Gasteiger partial charge in [0.15, 0.2) is 0 Å². The standard InChI is InChI=1S/C13H18O4/c1-16-13(15)7-4-10-17-12-6-3-2-5-11(12)8-9-14/h2-3,5-6,14H,4,7-10H2,1H3. The van der Waals surface area contributed by atoms with Crippen molar-refractivity contribution in [3.05, 3.63) is 29.8 Å². The van der Waals surface area contributed by atoms with Crippen LogP contribution in [-0.2, 0) is 16.0 Å². The molecular weight excluding hydrogens is 220 g/mol. The number of ether oxygens (including phenoxy) is 2. The Labute approximate surface area is 101 Å². The Bertz CT molecular complexity index is 349. The number of carbonyl (C=O) groups excluding carboxylic acids is 1. The quantitative estimate of drug-likeness (QED) is 0.578. The average molecular weight is 238 g/mol. The van der Waals surface area contributed by atoms with Crippen molar-refractivity contribution in [3.8, 4) is 5.75 Å². The first-order chi connectivity index (χ1) is 8.27. The van der Waals surface area contributed by atoms with Crippen LogP contribution in [0, 0.1) is 0 Å². The number of aliphatic hydroxyl groups is 1. The molecule has 1 aromatic rings. The summed E-state index contributed by atoms with van der Waals surface area (Å²) in [6.45, 7) is 0.570. The SMILES string of the molecule is COC(=O)CCCOc1ccccc1CCO. The van der Waals surface area contributed by atoms with E-state index in [1.165, 1.54) is 7.11 Å². The van der Waals surface area contributed by atoms with E-state index in [1.54, 1.807) is 0 Å². The first-order valence-electron chi connectivity index (χ1n) is 5.66. The number of esters is 1. The molecule has 0 bridgehead atoms. The molecule has 0 fully saturated rings. The molecule has 0 aromatic heterocycles. The van der Waals surface area contributed by atoms with Crippen LogP contribution < -0.4 is 4.74 Å². The van der Waals surface area contributed by atoms with E-state index < -0.39 is 0 Å². The topological polar surface area (TPSA) is 55.8 Å². The summed E-state index contributed by atoms with van der Waals surface area (Å²) >= 11 is 0. The van der Waals surface area contributed by atoms with Gasteiger partial charge in [-0.15, -0.1) is 0 Å². The van der Waals surface area contributed by atoms with Crippen molar-refractivity contribution in [2.24, 2.45) is 0 Å². The molecule has 0 spiro atoms. The van der Waals surface area contributed by atoms with Gasteiger partial charge >= 0.3 is 5.97 Å². The molecule has 0 saturated carbocycles. The fraction of sp³-hybridized carbons (Fsp3) is 0.462. The van der Waals surface area contributed by atoms with E-state index in [4.69, 9.17) is 9.84 Å². The van der Waals surface area contributed by atoms with Crippen LogP contribution in [0.15, 0.2) is 24.3 Å². The first kappa shape index (κ1) is 13.5. The normalized spacial score (nSPS) is 10.0. The summed E-state index contributed by atoms with van der Waals surface area (Å²) in [7, 11) is 1.37. The van der Waals surface area contributed by atoms with E-state index in [9.17, 15) is 4.79 Å². The van der Waals surface area contributed by atoms with Gasteiger partial charge in [0, 0.05) is 13.0 Å². The van der Waals surface area contributed by atoms with Crippen LogP contribution in [-0.4, -0.2) is 31.4 Å². The van der Waals surface area contributed by atoms with Gasteiger partial charge < -0.3 is 14.6 Å². The van der Waals surface area contributed by atoms with Gasteiger partial charge in [0.1, 0.15) is 5.75 Å². The van der Waals surface area contributed by atoms with E-state index in [0.29, 0.717) is 25.9 Å². The zero-order valence-corrected chi connectivity index (χ0v) is 10.0. The van der Waals surface area contributed by atoms with E-state index in [2.05, 4.69) is 4.74 Å². The predicted octanol–water partition coefficient (Wildman–Crippen LogP) is 1.55. The molecule has 17 heavy (non-hydrogen) atoms. The van der Waals surface area contributed by atoms with Crippen LogP contribution >= 0.6 is 0 Å². The maximum absolute atomic E-state index is 10.9. The summed E-state index contributed by atoms with van der Waals surface area (Å²) in [4.78, 5) is 10.9. The third kappa shape index (κ3) is 4.87. The second-order valence-corrected chi connectivity index (χ2v) is 3.61. The minimum absolute atomic E-state index is 0.0997. The number of hydrogen-bond donors (Lipinski definition) is 1. The van der Waals surface area contributed by atoms with Crippen LogP contribution in [0.2, 0.25) is 0 Å². The molecule has 0 amide bonds. The first-order valence-corrected chi connectivity index (χ1v) is 5.66. The summed E-state index contributed by atoms with van der Waals surface area (Å²) < 4.78 is 10.1. The van der Waals surface area contributed by atoms with Gasteiger partial charge in [0.25, 0.3) is 0 Å². The number of aliphatic hydroxyl groups excluding tert-OH is 1. The van der Waals surface area contributed by atoms with Gasteiger partial charge in [-0.1, -0.05) is 18.2 Å². The van der Waals surface area contributed by atoms with Crippen molar-refractivity contribution in [3.63, 3.8) is 0 Å². The molecule has 1 N–H and O–H groups in total. The third-order valence-corrected chi connectivity index (χ3v) is 2.36. The molecule has 1 aromatic carbocycles. The van der Waals surface area contributed by atoms with Crippen LogP contribution in [0.5, 0.6) is 5.75 Å². The summed E-state index contributed by atoms with van der Waals surface area (Å²) in [5.74, 6) is 0.545. The van der Waals surface area contributed by atoms with Crippen LogP contribution in [0.4, 0.5) is 0 Å². The van der Waals surface area contributed by atoms with Crippen LogP contribution in [0.3, 0.4) is 0 Å². The minimum Gasteiger partial charge on any atom is -0.493 e. The Morgan fingerprint density at radius 1 is 1.35 bits per heavy atom. The maximum atomic E-state index is 10.9. The van der Waals surface area contributed by atoms with Crippen LogP contribution in [0.1, 0.15) is 18.4 Å². The molecule has 4 heteroatoms. The lowest BCUT2D eigenvalue weighted by Gasteiger charge is -2.10. The molecule has 0 radical (unpaired) electrons. The van der Waals surface area contributed by atoms with E-state index in [1.807, 2.05) is 24.3 Å². The number of rotatable bonds is 7. The molecular formula is C13H18O4. The van der Waals surface area contributed by atoms with Crippen molar-refractivity contribution in [1.82, 2.24) is 0 Å². The van der Waals surface area contributed by atoms with Crippen molar-refractivity contribution in [2.45, 2.75) is 19.3 Å². The van der Waals surface area contributed by atoms with Gasteiger partial charge in [-0.2, -0.15) is 0 Å². The molecule has 0 aliphatic carbocycles. The predicted molar refractivity (Wildman–Crippen MR) is 64.0 cm³/mol. The van der Waals surface area contributed by atoms with Crippen LogP contribution in [0.25, 0.3) is 0 Å². The van der Waals surface area contributed by atoms with Gasteiger partial charge in [-0.05, 0) is 24.5 Å². The molecule has 0 unspecified atom stereocenters. The summed E-state index contributed by atoms with van der Waals surface area (Å²) in [5, 5.41) is 8.90. The molecule has 1 rings (SSSR count). The zero-order chi connectivity index (χ0) is 12.5. The van der Waals surface area contributed by atoms with Gasteiger partial charge in [0.05, 0.1) is 13.7 Å². The molecule has 0 aliphatic rings. The Morgan fingerprint density at radius 3 is 2.82 bits per heavy atom. The van der Waals surface area contributed by atoms with Gasteiger partial charge in [0.2, 0.25) is 0 Å². The molecule has 0 aliphatic heterocycles. The summed E-state index contributed by atoms with van der Waals surface area (Å²) in [6, 6.07) is 7.58. The zero-order valence-electron chi connectivity index (χ0n) is 10.0. The number of benzene rings is 1. The Balaban J connectivity index is 2.38. The fourth-order valence-corrected chi connectivity index (χ4v) is 1.47. The van der Waals surface area contributed by atoms with E-state index in [0.717, 1.165) is 11.3 Å². The van der Waals surface area contributed by atoms with Crippen molar-refractivity contribution >= 4 is 5.97 Å². The third-order valence-electron chi connectivity index (χ3n) is 2.36. The lowest BCUT2D eigenvalue weighted by atomic mass is 10.1. The monoisotopic (exact) mass is 238 g/mol. The van der Waals surface area contributed by atoms with Gasteiger partial charge in [-0.3, -0.25) is 4.79 Å². The molecule has 4 nitrogen and oxygen atoms in total. The Hall–Kier alpha value is -1.55. The largest absolute Gasteiger partial charge is 0.493 e. The second-order valence-electron chi connectivity index (χ2n) is 3.61. The molecule has 0 atom stereocenters. The summed E-state index contributed by atoms with van der Waals surface area (Å²) in [6.07, 6.45) is 1.56. The molecule has 94 valence electrons. The number of methoxy groups -OCH3 is 1. The van der Waals surface area contributed by atoms with Crippen molar-refractivity contribution < 1.29 is 19.4 Å². The highest BCUT2D eigenvalue weighted by Crippen LogP contribution is 2.18. The average Bonchev–Trinajstić information content (AvgIpc) is 2.36. The van der Waals surface area contributed by atoms with E-state index >= 15 is 0 Å². The lowest BCUT2D eigenvalue weighted by Crippen LogP contribution is -2.06. The highest BCUT2D eigenvalue weighted by Gasteiger charge is 2.03. The summed E-state index contributed by atoms with van der Waals surface area (Å²) in [5.41, 5.74) is 0.980. The van der Waals surface area contributed by atoms with E-state index in [-0.39, 0.29) is 12.6 Å². The van der Waals surface area contributed by atoms with Crippen molar-refractivity contribution in [2.75, 3.05) is 20.3 Å². The maximum Gasteiger partial charge on any atom is 0.305 e. The molecule has 0 saturated heterocycles. The number of carbonyl (C=O) groups is 1. The van der Waals surface area contributed by atoms with Crippen molar-refractivity contribution in [1.29, 1.82) is 0 Å². The number of hydrogen-bond acceptors (Lipinski definition) is 4. The highest BCUT2D eigenvalue weighted by molar-refractivity contribution is 5.69. The Morgan fingerprint density at radius 2 is 2.12 bits per heavy atom. The highest BCUT2D eigenvalue weighted by atomic mass is 16.5. The number of para-hydroxylation sites is 1. The molecule has 0 heterocycles. The van der Waals surface area contributed by atoms with Gasteiger partial charge in [-0.25, -0.2) is 0 Å². The smallest absolute Gasteiger partial charge is 0.305 e. The Kier molecular flexibility index (Phi) is 6.10. The fourth-order valence-electron chi connectivity index (χ4n) is 1.47.